The van der Waals surface area contributed by atoms with E-state index in [0.29, 0.717) is 13.0 Å². The van der Waals surface area contributed by atoms with Crippen LogP contribution in [0.1, 0.15) is 29.5 Å². The van der Waals surface area contributed by atoms with Gasteiger partial charge >= 0.3 is 0 Å². The van der Waals surface area contributed by atoms with Crippen LogP contribution in [0.25, 0.3) is 0 Å². The Kier molecular flexibility index (Phi) is 7.69. The lowest BCUT2D eigenvalue weighted by atomic mass is 10.1. The van der Waals surface area contributed by atoms with Gasteiger partial charge in [0.25, 0.3) is 10.0 Å². The van der Waals surface area contributed by atoms with Crippen LogP contribution < -0.4 is 9.62 Å². The van der Waals surface area contributed by atoms with Crippen molar-refractivity contribution in [2.24, 2.45) is 0 Å². The molecule has 4 rings (SSSR count). The summed E-state index contributed by atoms with van der Waals surface area (Å²) >= 11 is 0. The largest absolute Gasteiger partial charge is 0.350 e. The molecule has 7 nitrogen and oxygen atoms in total. The van der Waals surface area contributed by atoms with Gasteiger partial charge in [0.2, 0.25) is 11.8 Å². The lowest BCUT2D eigenvalue weighted by molar-refractivity contribution is -0.128. The Morgan fingerprint density at radius 2 is 1.67 bits per heavy atom. The molecule has 36 heavy (non-hydrogen) atoms. The van der Waals surface area contributed by atoms with E-state index < -0.39 is 28.3 Å². The number of benzene rings is 3. The Hall–Kier alpha value is -3.72. The van der Waals surface area contributed by atoms with Crippen LogP contribution in [-0.2, 0) is 32.7 Å². The zero-order valence-electron chi connectivity index (χ0n) is 20.0. The van der Waals surface area contributed by atoms with Gasteiger partial charge in [-0.3, -0.25) is 13.9 Å². The average molecular weight is 510 g/mol. The van der Waals surface area contributed by atoms with E-state index in [1.54, 1.807) is 12.1 Å². The first-order valence-corrected chi connectivity index (χ1v) is 13.1. The lowest BCUT2D eigenvalue weighted by Gasteiger charge is -2.24. The SMILES string of the molecule is Cc1ccc(S(=O)(=O)N(CC(=O)NCc2ccc(CN3CCCC3=O)cc2)c2ccccc2F)cc1. The molecular weight excluding hydrogens is 481 g/mol. The predicted octanol–water partition coefficient (Wildman–Crippen LogP) is 3.77. The number of nitrogens with zero attached hydrogens (tertiary/aromatic N) is 2. The quantitative estimate of drug-likeness (QED) is 0.476. The third kappa shape index (κ3) is 5.91. The Balaban J connectivity index is 1.45. The minimum absolute atomic E-state index is 0.0313. The number of nitrogens with one attached hydrogen (secondary N) is 1. The van der Waals surface area contributed by atoms with Gasteiger partial charge in [-0.2, -0.15) is 0 Å². The number of sulfonamides is 1. The summed E-state index contributed by atoms with van der Waals surface area (Å²) in [4.78, 5) is 26.4. The van der Waals surface area contributed by atoms with Gasteiger partial charge in [-0.15, -0.1) is 0 Å². The van der Waals surface area contributed by atoms with Crippen LogP contribution in [0, 0.1) is 12.7 Å². The third-order valence-electron chi connectivity index (χ3n) is 6.07. The zero-order valence-corrected chi connectivity index (χ0v) is 20.8. The van der Waals surface area contributed by atoms with E-state index in [9.17, 15) is 22.4 Å². The average Bonchev–Trinajstić information content (AvgIpc) is 3.27. The van der Waals surface area contributed by atoms with Crippen LogP contribution in [0.5, 0.6) is 0 Å². The summed E-state index contributed by atoms with van der Waals surface area (Å²) in [5.74, 6) is -1.15. The first kappa shape index (κ1) is 25.4. The van der Waals surface area contributed by atoms with Gasteiger partial charge in [-0.1, -0.05) is 54.1 Å². The number of carbonyl (C=O) groups excluding carboxylic acids is 2. The number of likely N-dealkylation sites (tertiary alicyclic amines) is 1. The molecule has 0 bridgehead atoms. The van der Waals surface area contributed by atoms with Crippen molar-refractivity contribution in [1.82, 2.24) is 10.2 Å². The Morgan fingerprint density at radius 3 is 2.31 bits per heavy atom. The lowest BCUT2D eigenvalue weighted by Crippen LogP contribution is -2.41. The van der Waals surface area contributed by atoms with E-state index in [4.69, 9.17) is 0 Å². The van der Waals surface area contributed by atoms with Crippen molar-refractivity contribution in [3.63, 3.8) is 0 Å². The maximum atomic E-state index is 14.6. The van der Waals surface area contributed by atoms with Crippen molar-refractivity contribution < 1.29 is 22.4 Å². The number of para-hydroxylation sites is 1. The van der Waals surface area contributed by atoms with Crippen LogP contribution in [0.3, 0.4) is 0 Å². The molecule has 0 radical (unpaired) electrons. The summed E-state index contributed by atoms with van der Waals surface area (Å²) < 4.78 is 42.1. The van der Waals surface area contributed by atoms with Gasteiger partial charge in [-0.05, 0) is 48.7 Å². The van der Waals surface area contributed by atoms with Crippen LogP contribution in [-0.4, -0.2) is 38.2 Å². The van der Waals surface area contributed by atoms with Gasteiger partial charge < -0.3 is 10.2 Å². The number of hydrogen-bond acceptors (Lipinski definition) is 4. The van der Waals surface area contributed by atoms with Gasteiger partial charge in [0.1, 0.15) is 12.4 Å². The fraction of sp³-hybridized carbons (Fsp3) is 0.259. The van der Waals surface area contributed by atoms with E-state index >= 15 is 0 Å². The summed E-state index contributed by atoms with van der Waals surface area (Å²) in [6.07, 6.45) is 1.47. The van der Waals surface area contributed by atoms with Crippen LogP contribution >= 0.6 is 0 Å². The number of anilines is 1. The molecule has 0 unspecified atom stereocenters. The molecule has 0 atom stereocenters. The van der Waals surface area contributed by atoms with Crippen LogP contribution in [0.2, 0.25) is 0 Å². The Labute approximate surface area is 210 Å². The highest BCUT2D eigenvalue weighted by Crippen LogP contribution is 2.26. The molecule has 0 saturated carbocycles. The van der Waals surface area contributed by atoms with Crippen molar-refractivity contribution >= 4 is 27.5 Å². The summed E-state index contributed by atoms with van der Waals surface area (Å²) in [6.45, 7) is 2.75. The number of carbonyl (C=O) groups is 2. The van der Waals surface area contributed by atoms with Crippen LogP contribution in [0.4, 0.5) is 10.1 Å². The number of aryl methyl sites for hydroxylation is 1. The smallest absolute Gasteiger partial charge is 0.264 e. The first-order valence-electron chi connectivity index (χ1n) is 11.7. The highest BCUT2D eigenvalue weighted by molar-refractivity contribution is 7.92. The molecular formula is C27H28FN3O4S. The summed E-state index contributed by atoms with van der Waals surface area (Å²) in [6, 6.07) is 19.2. The maximum absolute atomic E-state index is 14.6. The van der Waals surface area contributed by atoms with Gasteiger partial charge in [0.15, 0.2) is 0 Å². The number of halogens is 1. The molecule has 1 aliphatic heterocycles. The topological polar surface area (TPSA) is 86.8 Å². The molecule has 1 aliphatic rings. The Bertz CT molecular complexity index is 1340. The van der Waals surface area contributed by atoms with E-state index in [-0.39, 0.29) is 23.0 Å². The molecule has 9 heteroatoms. The molecule has 188 valence electrons. The van der Waals surface area contributed by atoms with Crippen molar-refractivity contribution in [3.8, 4) is 0 Å². The molecule has 0 spiro atoms. The van der Waals surface area contributed by atoms with Crippen LogP contribution in [0.15, 0.2) is 77.7 Å². The monoisotopic (exact) mass is 509 g/mol. The number of hydrogen-bond donors (Lipinski definition) is 1. The van der Waals surface area contributed by atoms with E-state index in [1.807, 2.05) is 36.1 Å². The fourth-order valence-corrected chi connectivity index (χ4v) is 5.46. The van der Waals surface area contributed by atoms with E-state index in [2.05, 4.69) is 5.32 Å². The van der Waals surface area contributed by atoms with Crippen molar-refractivity contribution in [3.05, 3.63) is 95.3 Å². The van der Waals surface area contributed by atoms with Crippen molar-refractivity contribution in [1.29, 1.82) is 0 Å². The molecule has 0 aliphatic carbocycles. The van der Waals surface area contributed by atoms with Crippen molar-refractivity contribution in [2.75, 3.05) is 17.4 Å². The standard InChI is InChI=1S/C27H28FN3O4S/c1-20-8-14-23(15-9-20)36(34,35)31(25-6-3-2-5-24(25)28)19-26(32)29-17-21-10-12-22(13-11-21)18-30-16-4-7-27(30)33/h2-3,5-6,8-15H,4,7,16-19H2,1H3,(H,29,32). The minimum atomic E-state index is -4.19. The third-order valence-corrected chi connectivity index (χ3v) is 7.85. The second-order valence-corrected chi connectivity index (χ2v) is 10.7. The molecule has 1 fully saturated rings. The second-order valence-electron chi connectivity index (χ2n) is 8.79. The molecule has 1 saturated heterocycles. The summed E-state index contributed by atoms with van der Waals surface area (Å²) in [5.41, 5.74) is 2.49. The van der Waals surface area contributed by atoms with Gasteiger partial charge in [-0.25, -0.2) is 12.8 Å². The first-order chi connectivity index (χ1) is 17.2. The predicted molar refractivity (Wildman–Crippen MR) is 135 cm³/mol. The van der Waals surface area contributed by atoms with Gasteiger partial charge in [0, 0.05) is 26.1 Å². The van der Waals surface area contributed by atoms with Gasteiger partial charge in [0.05, 0.1) is 10.6 Å². The number of amides is 2. The molecule has 0 aromatic heterocycles. The highest BCUT2D eigenvalue weighted by Gasteiger charge is 2.29. The maximum Gasteiger partial charge on any atom is 0.264 e. The minimum Gasteiger partial charge on any atom is -0.350 e. The molecule has 3 aromatic carbocycles. The zero-order chi connectivity index (χ0) is 25.7. The second kappa shape index (κ2) is 10.9. The summed E-state index contributed by atoms with van der Waals surface area (Å²) in [7, 11) is -4.19. The van der Waals surface area contributed by atoms with Crippen molar-refractivity contribution in [2.45, 2.75) is 37.8 Å². The molecule has 1 heterocycles. The van der Waals surface area contributed by atoms with E-state index in [1.165, 1.54) is 30.3 Å². The normalized spacial score (nSPS) is 13.6. The Morgan fingerprint density at radius 1 is 1.00 bits per heavy atom. The van der Waals surface area contributed by atoms with E-state index in [0.717, 1.165) is 40.0 Å². The molecule has 2 amide bonds. The molecule has 3 aromatic rings. The highest BCUT2D eigenvalue weighted by atomic mass is 32.2. The molecule has 1 N–H and O–H groups in total. The fourth-order valence-electron chi connectivity index (χ4n) is 4.03. The summed E-state index contributed by atoms with van der Waals surface area (Å²) in [5, 5.41) is 2.72. The number of rotatable bonds is 9.